The molecule has 0 saturated heterocycles. The molecule has 2 aliphatic rings. The van der Waals surface area contributed by atoms with E-state index in [2.05, 4.69) is 39.1 Å². The molecule has 1 fully saturated rings. The number of nitrogens with zero attached hydrogens (tertiary/aromatic N) is 4. The van der Waals surface area contributed by atoms with E-state index in [0.29, 0.717) is 18.3 Å². The van der Waals surface area contributed by atoms with Gasteiger partial charge in [-0.2, -0.15) is 0 Å². The van der Waals surface area contributed by atoms with Crippen molar-refractivity contribution in [1.82, 2.24) is 14.8 Å². The number of aliphatic imine (C=N–C) groups is 1. The molecule has 1 aromatic rings. The van der Waals surface area contributed by atoms with Gasteiger partial charge in [-0.15, -0.1) is 0 Å². The highest BCUT2D eigenvalue weighted by Gasteiger charge is 2.29. The van der Waals surface area contributed by atoms with Gasteiger partial charge in [0.25, 0.3) is 0 Å². The number of anilines is 1. The SMILES string of the molecule is C/C=C/C=C(\C=N/C)c1ccc(NC(=O)CN2CCCC(C)=C2CN(C)C2CC2)cn1. The van der Waals surface area contributed by atoms with E-state index in [1.165, 1.54) is 24.1 Å². The van der Waals surface area contributed by atoms with Gasteiger partial charge in [-0.3, -0.25) is 19.7 Å². The topological polar surface area (TPSA) is 60.8 Å². The average molecular weight is 422 g/mol. The van der Waals surface area contributed by atoms with Crippen LogP contribution in [0.15, 0.2) is 52.8 Å². The van der Waals surface area contributed by atoms with E-state index in [1.54, 1.807) is 19.5 Å². The summed E-state index contributed by atoms with van der Waals surface area (Å²) in [6, 6.07) is 4.52. The van der Waals surface area contributed by atoms with E-state index in [9.17, 15) is 4.79 Å². The Bertz CT molecular complexity index is 878. The molecule has 31 heavy (non-hydrogen) atoms. The van der Waals surface area contributed by atoms with Gasteiger partial charge in [0.2, 0.25) is 5.91 Å². The van der Waals surface area contributed by atoms with Gasteiger partial charge in [0.15, 0.2) is 0 Å². The number of hydrogen-bond acceptors (Lipinski definition) is 5. The summed E-state index contributed by atoms with van der Waals surface area (Å²) in [6.45, 7) is 6.42. The Labute approximate surface area is 186 Å². The molecule has 0 aromatic carbocycles. The van der Waals surface area contributed by atoms with Crippen molar-refractivity contribution in [2.24, 2.45) is 4.99 Å². The largest absolute Gasteiger partial charge is 0.364 e. The highest BCUT2D eigenvalue weighted by Crippen LogP contribution is 2.29. The first-order chi connectivity index (χ1) is 15.0. The number of carbonyl (C=O) groups excluding carboxylic acids is 1. The maximum absolute atomic E-state index is 12.8. The van der Waals surface area contributed by atoms with Crippen LogP contribution in [0.4, 0.5) is 5.69 Å². The lowest BCUT2D eigenvalue weighted by Gasteiger charge is -2.35. The van der Waals surface area contributed by atoms with Gasteiger partial charge >= 0.3 is 0 Å². The quantitative estimate of drug-likeness (QED) is 0.481. The Balaban J connectivity index is 1.62. The van der Waals surface area contributed by atoms with Crippen molar-refractivity contribution >= 4 is 23.4 Å². The van der Waals surface area contributed by atoms with Crippen LogP contribution in [0.3, 0.4) is 0 Å². The third kappa shape index (κ3) is 6.62. The Morgan fingerprint density at radius 2 is 2.19 bits per heavy atom. The standard InChI is InChI=1S/C25H35N5O/c1-5-6-9-20(15-26-3)23-13-10-21(16-27-23)28-25(31)18-30-14-7-8-19(2)24(30)17-29(4)22-11-12-22/h5-6,9-10,13,15-16,22H,7-8,11-12,14,17-18H2,1-4H3,(H,28,31)/b6-5+,20-9+,26-15-. The van der Waals surface area contributed by atoms with E-state index in [0.717, 1.165) is 37.2 Å². The lowest BCUT2D eigenvalue weighted by molar-refractivity contribution is -0.117. The minimum absolute atomic E-state index is 0.00405. The molecule has 0 unspecified atom stereocenters. The van der Waals surface area contributed by atoms with Crippen LogP contribution >= 0.6 is 0 Å². The minimum Gasteiger partial charge on any atom is -0.364 e. The Hall–Kier alpha value is -2.73. The molecule has 0 bridgehead atoms. The summed E-state index contributed by atoms with van der Waals surface area (Å²) < 4.78 is 0. The first kappa shape index (κ1) is 22.9. The van der Waals surface area contributed by atoms with Crippen molar-refractivity contribution in [2.75, 3.05) is 39.0 Å². The van der Waals surface area contributed by atoms with Gasteiger partial charge in [-0.25, -0.2) is 0 Å². The molecule has 166 valence electrons. The second-order valence-corrected chi connectivity index (χ2v) is 8.41. The second kappa shape index (κ2) is 11.0. The number of pyridine rings is 1. The van der Waals surface area contributed by atoms with Crippen LogP contribution in [0.5, 0.6) is 0 Å². The van der Waals surface area contributed by atoms with Crippen molar-refractivity contribution in [1.29, 1.82) is 0 Å². The summed E-state index contributed by atoms with van der Waals surface area (Å²) >= 11 is 0. The molecule has 2 heterocycles. The van der Waals surface area contributed by atoms with Crippen molar-refractivity contribution < 1.29 is 4.79 Å². The van der Waals surface area contributed by atoms with Gasteiger partial charge in [0.1, 0.15) is 0 Å². The van der Waals surface area contributed by atoms with Crippen LogP contribution in [0.2, 0.25) is 0 Å². The minimum atomic E-state index is -0.00405. The highest BCUT2D eigenvalue weighted by molar-refractivity contribution is 6.09. The highest BCUT2D eigenvalue weighted by atomic mass is 16.2. The van der Waals surface area contributed by atoms with E-state index in [4.69, 9.17) is 0 Å². The molecule has 1 N–H and O–H groups in total. The smallest absolute Gasteiger partial charge is 0.243 e. The molecule has 0 radical (unpaired) electrons. The molecule has 6 nitrogen and oxygen atoms in total. The van der Waals surface area contributed by atoms with Crippen LogP contribution in [0, 0.1) is 0 Å². The summed E-state index contributed by atoms with van der Waals surface area (Å²) in [5.41, 5.74) is 5.19. The van der Waals surface area contributed by atoms with Crippen LogP contribution in [0.1, 0.15) is 45.2 Å². The normalized spacial score (nSPS) is 18.0. The van der Waals surface area contributed by atoms with Crippen LogP contribution in [0.25, 0.3) is 5.57 Å². The Morgan fingerprint density at radius 1 is 1.39 bits per heavy atom. The zero-order chi connectivity index (χ0) is 22.2. The number of hydrogen-bond donors (Lipinski definition) is 1. The van der Waals surface area contributed by atoms with Crippen molar-refractivity contribution in [3.63, 3.8) is 0 Å². The summed E-state index contributed by atoms with van der Waals surface area (Å²) in [5.74, 6) is -0.00405. The molecule has 1 aromatic heterocycles. The third-order valence-corrected chi connectivity index (χ3v) is 5.84. The first-order valence-electron chi connectivity index (χ1n) is 11.2. The van der Waals surface area contributed by atoms with E-state index >= 15 is 0 Å². The van der Waals surface area contributed by atoms with Crippen LogP contribution < -0.4 is 5.32 Å². The van der Waals surface area contributed by atoms with E-state index < -0.39 is 0 Å². The number of carbonyl (C=O) groups is 1. The molecule has 1 aliphatic heterocycles. The predicted octanol–water partition coefficient (Wildman–Crippen LogP) is 4.14. The van der Waals surface area contributed by atoms with Gasteiger partial charge < -0.3 is 10.2 Å². The molecule has 1 aliphatic carbocycles. The van der Waals surface area contributed by atoms with E-state index in [1.807, 2.05) is 37.3 Å². The number of allylic oxidation sites excluding steroid dienone is 5. The zero-order valence-corrected chi connectivity index (χ0v) is 19.3. The average Bonchev–Trinajstić information content (AvgIpc) is 3.60. The molecule has 0 atom stereocenters. The summed E-state index contributed by atoms with van der Waals surface area (Å²) in [5, 5.41) is 3.01. The molecule has 1 saturated carbocycles. The molecule has 6 heteroatoms. The number of likely N-dealkylation sites (N-methyl/N-ethyl adjacent to an activating group) is 1. The maximum Gasteiger partial charge on any atom is 0.243 e. The predicted molar refractivity (Wildman–Crippen MR) is 129 cm³/mol. The van der Waals surface area contributed by atoms with Crippen LogP contribution in [-0.4, -0.2) is 66.7 Å². The van der Waals surface area contributed by atoms with Crippen LogP contribution in [-0.2, 0) is 4.79 Å². The van der Waals surface area contributed by atoms with Crippen molar-refractivity contribution in [3.05, 3.63) is 53.5 Å². The molecule has 1 amide bonds. The van der Waals surface area contributed by atoms with Gasteiger partial charge in [0.05, 0.1) is 24.1 Å². The van der Waals surface area contributed by atoms with Gasteiger partial charge in [-0.1, -0.05) is 23.8 Å². The fourth-order valence-corrected chi connectivity index (χ4v) is 3.92. The monoisotopic (exact) mass is 421 g/mol. The molecular weight excluding hydrogens is 386 g/mol. The van der Waals surface area contributed by atoms with Gasteiger partial charge in [-0.05, 0) is 58.7 Å². The summed E-state index contributed by atoms with van der Waals surface area (Å²) in [6.07, 6.45) is 14.2. The van der Waals surface area contributed by atoms with Gasteiger partial charge in [0, 0.05) is 43.7 Å². The zero-order valence-electron chi connectivity index (χ0n) is 19.3. The number of rotatable bonds is 9. The Kier molecular flexibility index (Phi) is 8.18. The fraction of sp³-hybridized carbons (Fsp3) is 0.480. The summed E-state index contributed by atoms with van der Waals surface area (Å²) in [4.78, 5) is 26.1. The fourth-order valence-electron chi connectivity index (χ4n) is 3.92. The molecule has 3 rings (SSSR count). The first-order valence-corrected chi connectivity index (χ1v) is 11.2. The number of nitrogens with one attached hydrogen (secondary N) is 1. The molecule has 0 spiro atoms. The number of aromatic nitrogens is 1. The van der Waals surface area contributed by atoms with Crippen molar-refractivity contribution in [2.45, 2.75) is 45.6 Å². The lowest BCUT2D eigenvalue weighted by atomic mass is 10.0. The summed E-state index contributed by atoms with van der Waals surface area (Å²) in [7, 11) is 3.94. The Morgan fingerprint density at radius 3 is 2.84 bits per heavy atom. The van der Waals surface area contributed by atoms with E-state index in [-0.39, 0.29) is 5.91 Å². The maximum atomic E-state index is 12.8. The molecular formula is C25H35N5O. The van der Waals surface area contributed by atoms with Crippen molar-refractivity contribution in [3.8, 4) is 0 Å². The number of amides is 1. The second-order valence-electron chi connectivity index (χ2n) is 8.41. The lowest BCUT2D eigenvalue weighted by Crippen LogP contribution is -2.40. The third-order valence-electron chi connectivity index (χ3n) is 5.84.